The monoisotopic (exact) mass is 293 g/mol. The largest absolute Gasteiger partial charge is 0.384 e. The fourth-order valence-corrected chi connectivity index (χ4v) is 3.03. The first-order chi connectivity index (χ1) is 10.7. The molecule has 0 bridgehead atoms. The summed E-state index contributed by atoms with van der Waals surface area (Å²) < 4.78 is 1.90. The van der Waals surface area contributed by atoms with Gasteiger partial charge in [-0.05, 0) is 30.9 Å². The summed E-state index contributed by atoms with van der Waals surface area (Å²) in [5, 5.41) is 4.56. The smallest absolute Gasteiger partial charge is 0.272 e. The summed E-state index contributed by atoms with van der Waals surface area (Å²) >= 11 is 0. The van der Waals surface area contributed by atoms with Crippen molar-refractivity contribution in [3.63, 3.8) is 0 Å². The van der Waals surface area contributed by atoms with Crippen LogP contribution in [0.5, 0.6) is 0 Å². The van der Waals surface area contributed by atoms with Crippen LogP contribution in [-0.4, -0.2) is 16.1 Å². The van der Waals surface area contributed by atoms with Crippen LogP contribution in [0.3, 0.4) is 0 Å². The number of para-hydroxylation sites is 1. The van der Waals surface area contributed by atoms with E-state index in [1.807, 2.05) is 29.9 Å². The topological polar surface area (TPSA) is 49.8 Å². The molecule has 4 nitrogen and oxygen atoms in total. The molecule has 22 heavy (non-hydrogen) atoms. The number of pyridine rings is 1. The average molecular weight is 293 g/mol. The highest BCUT2D eigenvalue weighted by Crippen LogP contribution is 2.35. The summed E-state index contributed by atoms with van der Waals surface area (Å²) in [6, 6.07) is 10.3. The molecule has 1 saturated carbocycles. The molecule has 0 atom stereocenters. The number of fused-ring (bicyclic) bond motifs is 1. The molecule has 1 aromatic carbocycles. The molecule has 2 N–H and O–H groups in total. The Morgan fingerprint density at radius 1 is 1.23 bits per heavy atom. The van der Waals surface area contributed by atoms with Gasteiger partial charge in [-0.3, -0.25) is 4.79 Å². The number of aromatic amines is 1. The van der Waals surface area contributed by atoms with Gasteiger partial charge in [0.2, 0.25) is 0 Å². The predicted octanol–water partition coefficient (Wildman–Crippen LogP) is 3.36. The van der Waals surface area contributed by atoms with Gasteiger partial charge in [0.05, 0.1) is 0 Å². The molecule has 4 rings (SSSR count). The van der Waals surface area contributed by atoms with E-state index in [4.69, 9.17) is 0 Å². The molecule has 1 aliphatic rings. The minimum atomic E-state index is -0.0466. The number of aryl methyl sites for hydroxylation is 1. The van der Waals surface area contributed by atoms with Crippen LogP contribution in [0.2, 0.25) is 0 Å². The molecular formula is C18H19N3O. The van der Waals surface area contributed by atoms with Gasteiger partial charge in [0.25, 0.3) is 5.56 Å². The Balaban J connectivity index is 1.85. The van der Waals surface area contributed by atoms with Crippen LogP contribution in [0.25, 0.3) is 22.0 Å². The Kier molecular flexibility index (Phi) is 3.03. The van der Waals surface area contributed by atoms with Gasteiger partial charge in [0.1, 0.15) is 5.52 Å². The van der Waals surface area contributed by atoms with E-state index in [1.165, 1.54) is 12.8 Å². The average Bonchev–Trinajstić information content (AvgIpc) is 3.29. The number of nitrogens with zero attached hydrogens (tertiary/aromatic N) is 1. The number of hydrogen-bond acceptors (Lipinski definition) is 2. The van der Waals surface area contributed by atoms with E-state index in [0.717, 1.165) is 40.2 Å². The van der Waals surface area contributed by atoms with E-state index >= 15 is 0 Å². The van der Waals surface area contributed by atoms with Gasteiger partial charge in [-0.25, -0.2) is 0 Å². The number of anilines is 1. The van der Waals surface area contributed by atoms with Crippen molar-refractivity contribution in [1.82, 2.24) is 9.55 Å². The third kappa shape index (κ3) is 2.21. The van der Waals surface area contributed by atoms with Crippen molar-refractivity contribution in [2.75, 3.05) is 11.9 Å². The lowest BCUT2D eigenvalue weighted by atomic mass is 10.0. The minimum absolute atomic E-state index is 0.0466. The SMILES string of the molecule is Cn1cc(-c2ccccc2NCC2CC2)c2cc[nH]c(=O)c21. The summed E-state index contributed by atoms with van der Waals surface area (Å²) in [7, 11) is 1.92. The molecular weight excluding hydrogens is 274 g/mol. The van der Waals surface area contributed by atoms with Crippen molar-refractivity contribution in [3.8, 4) is 11.1 Å². The van der Waals surface area contributed by atoms with E-state index in [9.17, 15) is 4.79 Å². The molecule has 2 aromatic heterocycles. The number of nitrogens with one attached hydrogen (secondary N) is 2. The van der Waals surface area contributed by atoms with Gasteiger partial charge in [0.15, 0.2) is 0 Å². The minimum Gasteiger partial charge on any atom is -0.384 e. The molecule has 3 aromatic rings. The van der Waals surface area contributed by atoms with Crippen LogP contribution in [0.1, 0.15) is 12.8 Å². The highest BCUT2D eigenvalue weighted by molar-refractivity contribution is 5.98. The fraction of sp³-hybridized carbons (Fsp3) is 0.278. The van der Waals surface area contributed by atoms with Crippen LogP contribution in [0.15, 0.2) is 47.5 Å². The first-order valence-electron chi connectivity index (χ1n) is 7.74. The summed E-state index contributed by atoms with van der Waals surface area (Å²) in [4.78, 5) is 14.8. The quantitative estimate of drug-likeness (QED) is 0.775. The highest BCUT2D eigenvalue weighted by Gasteiger charge is 2.21. The van der Waals surface area contributed by atoms with Crippen LogP contribution in [0.4, 0.5) is 5.69 Å². The molecule has 2 heterocycles. The summed E-state index contributed by atoms with van der Waals surface area (Å²) in [5.41, 5.74) is 4.06. The van der Waals surface area contributed by atoms with E-state index < -0.39 is 0 Å². The highest BCUT2D eigenvalue weighted by atomic mass is 16.1. The lowest BCUT2D eigenvalue weighted by molar-refractivity contribution is 0.889. The second-order valence-corrected chi connectivity index (χ2v) is 6.09. The predicted molar refractivity (Wildman–Crippen MR) is 90.2 cm³/mol. The Bertz CT molecular complexity index is 887. The van der Waals surface area contributed by atoms with E-state index in [2.05, 4.69) is 28.5 Å². The first-order valence-corrected chi connectivity index (χ1v) is 7.74. The standard InChI is InChI=1S/C18H19N3O/c1-21-11-15(14-8-9-19-18(22)17(14)21)13-4-2-3-5-16(13)20-10-12-6-7-12/h2-5,8-9,11-12,20H,6-7,10H2,1H3,(H,19,22). The number of H-pyrrole nitrogens is 1. The molecule has 0 saturated heterocycles. The van der Waals surface area contributed by atoms with Gasteiger partial charge in [-0.15, -0.1) is 0 Å². The zero-order valence-electron chi connectivity index (χ0n) is 12.6. The molecule has 1 aliphatic carbocycles. The summed E-state index contributed by atoms with van der Waals surface area (Å²) in [5.74, 6) is 0.823. The van der Waals surface area contributed by atoms with E-state index in [0.29, 0.717) is 0 Å². The lowest BCUT2D eigenvalue weighted by Crippen LogP contribution is -2.07. The third-order valence-electron chi connectivity index (χ3n) is 4.40. The molecule has 0 aliphatic heterocycles. The van der Waals surface area contributed by atoms with Gasteiger partial charge in [-0.2, -0.15) is 0 Å². The Morgan fingerprint density at radius 3 is 2.86 bits per heavy atom. The molecule has 0 amide bonds. The summed E-state index contributed by atoms with van der Waals surface area (Å²) in [6.45, 7) is 1.03. The zero-order valence-corrected chi connectivity index (χ0v) is 12.6. The second-order valence-electron chi connectivity index (χ2n) is 6.09. The van der Waals surface area contributed by atoms with Crippen molar-refractivity contribution in [2.45, 2.75) is 12.8 Å². The molecule has 0 spiro atoms. The maximum absolute atomic E-state index is 12.1. The normalized spacial score (nSPS) is 14.4. The molecule has 0 radical (unpaired) electrons. The maximum atomic E-state index is 12.1. The zero-order chi connectivity index (χ0) is 15.1. The van der Waals surface area contributed by atoms with Crippen molar-refractivity contribution in [3.05, 3.63) is 53.1 Å². The molecule has 112 valence electrons. The van der Waals surface area contributed by atoms with Crippen LogP contribution < -0.4 is 10.9 Å². The number of rotatable bonds is 4. The van der Waals surface area contributed by atoms with Gasteiger partial charge in [0, 0.05) is 48.2 Å². The van der Waals surface area contributed by atoms with Crippen molar-refractivity contribution in [1.29, 1.82) is 0 Å². The molecule has 0 unspecified atom stereocenters. The Labute approximate surface area is 128 Å². The number of hydrogen-bond donors (Lipinski definition) is 2. The Morgan fingerprint density at radius 2 is 2.05 bits per heavy atom. The summed E-state index contributed by atoms with van der Waals surface area (Å²) in [6.07, 6.45) is 6.42. The van der Waals surface area contributed by atoms with E-state index in [1.54, 1.807) is 6.20 Å². The van der Waals surface area contributed by atoms with Gasteiger partial charge in [-0.1, -0.05) is 18.2 Å². The number of benzene rings is 1. The van der Waals surface area contributed by atoms with Crippen molar-refractivity contribution >= 4 is 16.6 Å². The van der Waals surface area contributed by atoms with Crippen LogP contribution in [-0.2, 0) is 7.05 Å². The molecule has 1 fully saturated rings. The molecule has 4 heteroatoms. The second kappa shape index (κ2) is 5.05. The van der Waals surface area contributed by atoms with Gasteiger partial charge < -0.3 is 14.9 Å². The van der Waals surface area contributed by atoms with Crippen LogP contribution in [0, 0.1) is 5.92 Å². The van der Waals surface area contributed by atoms with Crippen LogP contribution >= 0.6 is 0 Å². The third-order valence-corrected chi connectivity index (χ3v) is 4.40. The fourth-order valence-electron chi connectivity index (χ4n) is 3.03. The lowest BCUT2D eigenvalue weighted by Gasteiger charge is -2.11. The van der Waals surface area contributed by atoms with E-state index in [-0.39, 0.29) is 5.56 Å². The maximum Gasteiger partial charge on any atom is 0.272 e. The first kappa shape index (κ1) is 13.2. The number of aromatic nitrogens is 2. The Hall–Kier alpha value is -2.49. The van der Waals surface area contributed by atoms with Gasteiger partial charge >= 0.3 is 0 Å². The van der Waals surface area contributed by atoms with Crippen molar-refractivity contribution < 1.29 is 0 Å². The van der Waals surface area contributed by atoms with Crippen molar-refractivity contribution in [2.24, 2.45) is 13.0 Å².